The summed E-state index contributed by atoms with van der Waals surface area (Å²) in [5, 5.41) is 14.6. The molecule has 0 bridgehead atoms. The second-order valence-corrected chi connectivity index (χ2v) is 16.8. The number of urea groups is 1. The number of imide groups is 1. The van der Waals surface area contributed by atoms with E-state index in [0.717, 1.165) is 42.5 Å². The molecule has 7 rings (SSSR count). The summed E-state index contributed by atoms with van der Waals surface area (Å²) in [7, 11) is 0. The topological polar surface area (TPSA) is 168 Å². The molecule has 56 heavy (non-hydrogen) atoms. The Kier molecular flexibility index (Phi) is 12.7. The normalized spacial score (nSPS) is 18.2. The summed E-state index contributed by atoms with van der Waals surface area (Å²) in [4.78, 5) is 71.6. The molecule has 2 atom stereocenters. The van der Waals surface area contributed by atoms with E-state index in [2.05, 4.69) is 52.0 Å². The fourth-order valence-corrected chi connectivity index (χ4v) is 9.62. The van der Waals surface area contributed by atoms with Crippen molar-refractivity contribution in [2.45, 2.75) is 56.5 Å². The third-order valence-corrected chi connectivity index (χ3v) is 12.7. The van der Waals surface area contributed by atoms with Crippen molar-refractivity contribution in [3.05, 3.63) is 97.4 Å². The summed E-state index contributed by atoms with van der Waals surface area (Å²) in [5.74, 6) is -0.798. The molecule has 296 valence electrons. The lowest BCUT2D eigenvalue weighted by molar-refractivity contribution is -0.145. The zero-order valence-electron chi connectivity index (χ0n) is 31.2. The maximum Gasteiger partial charge on any atom is 0.327 e. The molecule has 3 saturated heterocycles. The van der Waals surface area contributed by atoms with Crippen molar-refractivity contribution in [2.75, 3.05) is 57.3 Å². The molecule has 3 fully saturated rings. The van der Waals surface area contributed by atoms with Gasteiger partial charge >= 0.3 is 6.03 Å². The van der Waals surface area contributed by atoms with Crippen LogP contribution >= 0.6 is 31.9 Å². The molecule has 5 N–H and O–H groups in total. The predicted octanol–water partition coefficient (Wildman–Crippen LogP) is 4.96. The maximum absolute atomic E-state index is 14.9. The van der Waals surface area contributed by atoms with Crippen LogP contribution in [-0.4, -0.2) is 112 Å². The van der Waals surface area contributed by atoms with Crippen molar-refractivity contribution < 1.29 is 19.5 Å². The second-order valence-electron chi connectivity index (χ2n) is 15.1. The lowest BCUT2D eigenvalue weighted by Crippen LogP contribution is -2.62. The largest absolute Gasteiger partial charge is 0.506 e. The minimum absolute atomic E-state index is 0.0243. The molecule has 15 heteroatoms. The van der Waals surface area contributed by atoms with Crippen molar-refractivity contribution in [3.63, 3.8) is 0 Å². The molecular formula is C41H48Br2N8O5. The number of pyridine rings is 2. The Balaban J connectivity index is 1.16. The zero-order valence-corrected chi connectivity index (χ0v) is 34.4. The second kappa shape index (κ2) is 17.9. The molecule has 5 heterocycles. The van der Waals surface area contributed by atoms with Gasteiger partial charge in [0.1, 0.15) is 11.8 Å². The van der Waals surface area contributed by atoms with Gasteiger partial charge in [0.2, 0.25) is 11.8 Å². The van der Waals surface area contributed by atoms with E-state index in [-0.39, 0.29) is 35.5 Å². The number of carbonyl (C=O) groups is 3. The fraction of sp³-hybridized carbons (Fsp3) is 0.439. The molecule has 2 aromatic carbocycles. The Bertz CT molecular complexity index is 2070. The number of rotatable bonds is 9. The number of aromatic hydroxyl groups is 1. The van der Waals surface area contributed by atoms with Crippen molar-refractivity contribution in [1.29, 1.82) is 0 Å². The Morgan fingerprint density at radius 2 is 1.55 bits per heavy atom. The highest BCUT2D eigenvalue weighted by molar-refractivity contribution is 9.11. The first-order valence-corrected chi connectivity index (χ1v) is 21.0. The number of hydrogen-bond donors (Lipinski definition) is 4. The third kappa shape index (κ3) is 8.96. The first-order valence-electron chi connectivity index (χ1n) is 19.4. The Morgan fingerprint density at radius 1 is 0.893 bits per heavy atom. The summed E-state index contributed by atoms with van der Waals surface area (Å²) < 4.78 is 0.875. The van der Waals surface area contributed by atoms with Crippen LogP contribution in [0.15, 0.2) is 80.7 Å². The van der Waals surface area contributed by atoms with Gasteiger partial charge in [0.25, 0.3) is 5.56 Å². The number of aromatic nitrogens is 2. The molecule has 3 aliphatic rings. The maximum atomic E-state index is 14.9. The van der Waals surface area contributed by atoms with E-state index in [1.807, 2.05) is 42.5 Å². The number of phenols is 1. The molecule has 4 aromatic rings. The van der Waals surface area contributed by atoms with Gasteiger partial charge in [-0.3, -0.25) is 24.3 Å². The van der Waals surface area contributed by atoms with Crippen molar-refractivity contribution in [1.82, 2.24) is 30.0 Å². The van der Waals surface area contributed by atoms with E-state index in [9.17, 15) is 24.3 Å². The summed E-state index contributed by atoms with van der Waals surface area (Å²) in [5.41, 5.74) is 9.72. The van der Waals surface area contributed by atoms with Gasteiger partial charge in [0.15, 0.2) is 0 Å². The number of anilines is 1. The number of nitrogens with two attached hydrogens (primary N) is 1. The molecule has 0 saturated carbocycles. The third-order valence-electron chi connectivity index (χ3n) is 11.5. The predicted molar refractivity (Wildman–Crippen MR) is 223 cm³/mol. The van der Waals surface area contributed by atoms with Crippen LogP contribution in [0.25, 0.3) is 10.9 Å². The molecule has 13 nitrogen and oxygen atoms in total. The summed E-state index contributed by atoms with van der Waals surface area (Å²) in [6.07, 6.45) is 6.62. The standard InChI is InChI=1S/C41H48Br2N8O5/c42-32-21-27(22-33(43)37(32)52)23-34(44)39(54)51(41(56)50-15-9-28(10-16-50)31-25-29-3-1-2-4-35(29)47-38(31)53)36(24-26-5-11-45-12-6-26)40(55)49-19-17-48(18-20-49)30-7-13-46-14-8-30/h1-4,7-8,13-14,21-22,25-26,28,34,36,45,52H,5-6,9-12,15-20,23-24,44H2,(H,47,53)/t34-,36+/m0/s1. The van der Waals surface area contributed by atoms with Crippen LogP contribution in [0.5, 0.6) is 5.75 Å². The van der Waals surface area contributed by atoms with Gasteiger partial charge in [-0.25, -0.2) is 4.79 Å². The van der Waals surface area contributed by atoms with E-state index in [0.29, 0.717) is 78.6 Å². The minimum atomic E-state index is -1.15. The summed E-state index contributed by atoms with van der Waals surface area (Å²) in [6.45, 7) is 4.29. The van der Waals surface area contributed by atoms with Crippen LogP contribution in [0.4, 0.5) is 10.5 Å². The summed E-state index contributed by atoms with van der Waals surface area (Å²) >= 11 is 6.73. The van der Waals surface area contributed by atoms with Crippen LogP contribution in [0, 0.1) is 5.92 Å². The number of nitrogens with zero attached hydrogens (tertiary/aromatic N) is 5. The number of carbonyl (C=O) groups excluding carboxylic acids is 3. The average molecular weight is 893 g/mol. The van der Waals surface area contributed by atoms with Crippen LogP contribution in [0.1, 0.15) is 49.1 Å². The number of nitrogens with one attached hydrogen (secondary N) is 2. The Hall–Kier alpha value is -4.31. The highest BCUT2D eigenvalue weighted by Gasteiger charge is 2.43. The molecule has 0 radical (unpaired) electrons. The molecule has 2 aromatic heterocycles. The van der Waals surface area contributed by atoms with E-state index in [4.69, 9.17) is 5.73 Å². The molecule has 3 aliphatic heterocycles. The highest BCUT2D eigenvalue weighted by atomic mass is 79.9. The van der Waals surface area contributed by atoms with Crippen LogP contribution in [0.3, 0.4) is 0 Å². The number of likely N-dealkylation sites (tertiary alicyclic amines) is 1. The van der Waals surface area contributed by atoms with Gasteiger partial charge in [-0.15, -0.1) is 0 Å². The number of benzene rings is 2. The SMILES string of the molecule is N[C@@H](Cc1cc(Br)c(O)c(Br)c1)C(=O)N(C(=O)N1CCC(c2cc3ccccc3[nH]c2=O)CC1)[C@H](CC1CCNCC1)C(=O)N1CCN(c2ccncc2)CC1. The number of fused-ring (bicyclic) bond motifs is 1. The molecular weight excluding hydrogens is 844 g/mol. The van der Waals surface area contributed by atoms with Crippen molar-refractivity contribution in [2.24, 2.45) is 11.7 Å². The van der Waals surface area contributed by atoms with Gasteiger partial charge in [-0.05, 0) is 143 Å². The van der Waals surface area contributed by atoms with Gasteiger partial charge in [-0.2, -0.15) is 0 Å². The fourth-order valence-electron chi connectivity index (χ4n) is 8.34. The van der Waals surface area contributed by atoms with Crippen LogP contribution in [0.2, 0.25) is 0 Å². The Labute approximate surface area is 342 Å². The Morgan fingerprint density at radius 3 is 2.23 bits per heavy atom. The zero-order chi connectivity index (χ0) is 39.3. The number of piperidine rings is 2. The number of H-pyrrole nitrogens is 1. The lowest BCUT2D eigenvalue weighted by atomic mass is 9.88. The first-order chi connectivity index (χ1) is 27.1. The van der Waals surface area contributed by atoms with Gasteiger partial charge in [0, 0.05) is 68.4 Å². The average Bonchev–Trinajstić information content (AvgIpc) is 3.22. The quantitative estimate of drug-likeness (QED) is 0.182. The minimum Gasteiger partial charge on any atom is -0.506 e. The van der Waals surface area contributed by atoms with Crippen LogP contribution < -0.4 is 21.5 Å². The number of amides is 4. The molecule has 0 aliphatic carbocycles. The number of para-hydroxylation sites is 1. The van der Waals surface area contributed by atoms with E-state index < -0.39 is 24.0 Å². The molecule has 4 amide bonds. The van der Waals surface area contributed by atoms with Crippen molar-refractivity contribution in [3.8, 4) is 5.75 Å². The molecule has 0 spiro atoms. The van der Waals surface area contributed by atoms with Gasteiger partial charge in [-0.1, -0.05) is 18.2 Å². The van der Waals surface area contributed by atoms with Crippen LogP contribution in [-0.2, 0) is 16.0 Å². The van der Waals surface area contributed by atoms with E-state index in [1.54, 1.807) is 34.3 Å². The lowest BCUT2D eigenvalue weighted by Gasteiger charge is -2.42. The number of aromatic amines is 1. The van der Waals surface area contributed by atoms with E-state index >= 15 is 0 Å². The monoisotopic (exact) mass is 890 g/mol. The number of phenolic OH excluding ortho intramolecular Hbond substituents is 1. The number of piperazine rings is 1. The highest BCUT2D eigenvalue weighted by Crippen LogP contribution is 2.34. The molecule has 0 unspecified atom stereocenters. The smallest absolute Gasteiger partial charge is 0.327 e. The number of halogens is 2. The van der Waals surface area contributed by atoms with Crippen molar-refractivity contribution >= 4 is 66.3 Å². The van der Waals surface area contributed by atoms with E-state index in [1.165, 1.54) is 4.90 Å². The van der Waals surface area contributed by atoms with Gasteiger partial charge in [0.05, 0.1) is 15.0 Å². The van der Waals surface area contributed by atoms with Gasteiger partial charge < -0.3 is 35.8 Å². The first kappa shape index (κ1) is 39.9. The number of hydrogen-bond acceptors (Lipinski definition) is 9. The summed E-state index contributed by atoms with van der Waals surface area (Å²) in [6, 6.07) is 14.1.